The Balaban J connectivity index is 2.85. The zero-order valence-electron chi connectivity index (χ0n) is 7.17. The molecule has 0 aliphatic carbocycles. The molecule has 0 atom stereocenters. The van der Waals surface area contributed by atoms with Gasteiger partial charge in [-0.15, -0.1) is 11.3 Å². The highest BCUT2D eigenvalue weighted by atomic mass is 35.5. The van der Waals surface area contributed by atoms with Crippen LogP contribution in [0.3, 0.4) is 0 Å². The van der Waals surface area contributed by atoms with Crippen LogP contribution in [0.1, 0.15) is 11.1 Å². The van der Waals surface area contributed by atoms with Gasteiger partial charge in [0.05, 0.1) is 16.3 Å². The molecule has 0 unspecified atom stereocenters. The summed E-state index contributed by atoms with van der Waals surface area (Å²) in [6, 6.07) is 4.00. The van der Waals surface area contributed by atoms with Gasteiger partial charge >= 0.3 is 0 Å². The largest absolute Gasteiger partial charge is 0.392 e. The van der Waals surface area contributed by atoms with E-state index in [-0.39, 0.29) is 6.61 Å². The van der Waals surface area contributed by atoms with E-state index in [1.165, 1.54) is 10.9 Å². The lowest BCUT2D eigenvalue weighted by Crippen LogP contribution is -1.86. The highest BCUT2D eigenvalue weighted by Crippen LogP contribution is 2.33. The minimum Gasteiger partial charge on any atom is -0.392 e. The van der Waals surface area contributed by atoms with Crippen molar-refractivity contribution in [3.63, 3.8) is 0 Å². The molecular formula is C10H9ClOS. The van der Waals surface area contributed by atoms with Gasteiger partial charge in [-0.2, -0.15) is 0 Å². The summed E-state index contributed by atoms with van der Waals surface area (Å²) < 4.78 is 1.07. The third-order valence-corrected chi connectivity index (χ3v) is 3.61. The van der Waals surface area contributed by atoms with Gasteiger partial charge in [-0.05, 0) is 34.9 Å². The van der Waals surface area contributed by atoms with Crippen molar-refractivity contribution < 1.29 is 5.11 Å². The molecule has 0 saturated heterocycles. The summed E-state index contributed by atoms with van der Waals surface area (Å²) in [5, 5.41) is 13.0. The number of fused-ring (bicyclic) bond motifs is 1. The van der Waals surface area contributed by atoms with E-state index in [9.17, 15) is 0 Å². The van der Waals surface area contributed by atoms with Crippen LogP contribution in [0.25, 0.3) is 10.1 Å². The fourth-order valence-corrected chi connectivity index (χ4v) is 2.73. The Morgan fingerprint density at radius 1 is 1.54 bits per heavy atom. The Hall–Kier alpha value is -0.570. The number of hydrogen-bond donors (Lipinski definition) is 1. The van der Waals surface area contributed by atoms with Crippen molar-refractivity contribution in [3.05, 3.63) is 33.7 Å². The maximum Gasteiger partial charge on any atom is 0.0697 e. The maximum atomic E-state index is 9.06. The zero-order chi connectivity index (χ0) is 9.42. The van der Waals surface area contributed by atoms with Crippen molar-refractivity contribution in [3.8, 4) is 0 Å². The number of aliphatic hydroxyl groups excluding tert-OH is 1. The van der Waals surface area contributed by atoms with Gasteiger partial charge in [0, 0.05) is 0 Å². The van der Waals surface area contributed by atoms with Crippen molar-refractivity contribution in [2.24, 2.45) is 0 Å². The molecule has 1 nitrogen and oxygen atoms in total. The predicted octanol–water partition coefficient (Wildman–Crippen LogP) is 3.36. The van der Waals surface area contributed by atoms with Gasteiger partial charge in [-0.3, -0.25) is 0 Å². The monoisotopic (exact) mass is 212 g/mol. The topological polar surface area (TPSA) is 20.2 Å². The van der Waals surface area contributed by atoms with Gasteiger partial charge in [-0.1, -0.05) is 17.7 Å². The van der Waals surface area contributed by atoms with Crippen LogP contribution in [0.5, 0.6) is 0 Å². The second-order valence-electron chi connectivity index (χ2n) is 2.99. The van der Waals surface area contributed by atoms with E-state index in [2.05, 4.69) is 6.07 Å². The lowest BCUT2D eigenvalue weighted by Gasteiger charge is -2.04. The molecule has 3 heteroatoms. The Kier molecular flexibility index (Phi) is 2.28. The number of aliphatic hydroxyl groups is 1. The first-order chi connectivity index (χ1) is 6.24. The standard InChI is InChI=1S/C10H9ClOS/c1-6-4-7(5-12)9(11)10-8(6)2-3-13-10/h2-4,12H,5H2,1H3. The van der Waals surface area contributed by atoms with E-state index in [1.54, 1.807) is 11.3 Å². The molecule has 0 spiro atoms. The third kappa shape index (κ3) is 1.35. The van der Waals surface area contributed by atoms with Crippen molar-refractivity contribution in [2.45, 2.75) is 13.5 Å². The van der Waals surface area contributed by atoms with Gasteiger partial charge in [0.25, 0.3) is 0 Å². The van der Waals surface area contributed by atoms with E-state index >= 15 is 0 Å². The zero-order valence-corrected chi connectivity index (χ0v) is 8.75. The summed E-state index contributed by atoms with van der Waals surface area (Å²) in [5.74, 6) is 0. The normalized spacial score (nSPS) is 11.0. The fourth-order valence-electron chi connectivity index (χ4n) is 1.45. The second kappa shape index (κ2) is 3.29. The molecule has 0 bridgehead atoms. The van der Waals surface area contributed by atoms with Crippen LogP contribution in [0.15, 0.2) is 17.5 Å². The summed E-state index contributed by atoms with van der Waals surface area (Å²) >= 11 is 7.72. The molecule has 0 fully saturated rings. The van der Waals surface area contributed by atoms with Crippen molar-refractivity contribution in [1.82, 2.24) is 0 Å². The molecule has 68 valence electrons. The van der Waals surface area contributed by atoms with Crippen LogP contribution in [-0.4, -0.2) is 5.11 Å². The number of rotatable bonds is 1. The SMILES string of the molecule is Cc1cc(CO)c(Cl)c2sccc12. The Bertz CT molecular complexity index is 447. The van der Waals surface area contributed by atoms with Crippen LogP contribution in [0, 0.1) is 6.92 Å². The summed E-state index contributed by atoms with van der Waals surface area (Å²) in [6.07, 6.45) is 0. The van der Waals surface area contributed by atoms with Crippen molar-refractivity contribution >= 4 is 33.0 Å². The van der Waals surface area contributed by atoms with Crippen molar-refractivity contribution in [1.29, 1.82) is 0 Å². The second-order valence-corrected chi connectivity index (χ2v) is 4.28. The highest BCUT2D eigenvalue weighted by molar-refractivity contribution is 7.17. The quantitative estimate of drug-likeness (QED) is 0.769. The lowest BCUT2D eigenvalue weighted by molar-refractivity contribution is 0.282. The minimum absolute atomic E-state index is 0.00745. The van der Waals surface area contributed by atoms with Crippen LogP contribution in [0.4, 0.5) is 0 Å². The van der Waals surface area contributed by atoms with Crippen LogP contribution >= 0.6 is 22.9 Å². The summed E-state index contributed by atoms with van der Waals surface area (Å²) in [7, 11) is 0. The minimum atomic E-state index is 0.00745. The van der Waals surface area contributed by atoms with Gasteiger partial charge in [0.15, 0.2) is 0 Å². The number of aryl methyl sites for hydroxylation is 1. The maximum absolute atomic E-state index is 9.06. The average molecular weight is 213 g/mol. The molecule has 0 aliphatic heterocycles. The first-order valence-electron chi connectivity index (χ1n) is 4.00. The summed E-state index contributed by atoms with van der Waals surface area (Å²) in [5.41, 5.74) is 1.99. The molecule has 2 aromatic rings. The van der Waals surface area contributed by atoms with Crippen LogP contribution < -0.4 is 0 Å². The molecule has 1 aromatic carbocycles. The third-order valence-electron chi connectivity index (χ3n) is 2.13. The van der Waals surface area contributed by atoms with E-state index in [1.807, 2.05) is 18.4 Å². The fraction of sp³-hybridized carbons (Fsp3) is 0.200. The molecule has 0 aliphatic rings. The number of thiophene rings is 1. The van der Waals surface area contributed by atoms with Crippen LogP contribution in [-0.2, 0) is 6.61 Å². The number of hydrogen-bond acceptors (Lipinski definition) is 2. The first kappa shape index (κ1) is 9.00. The van der Waals surface area contributed by atoms with Crippen LogP contribution in [0.2, 0.25) is 5.02 Å². The molecule has 0 saturated carbocycles. The molecule has 1 N–H and O–H groups in total. The molecule has 0 amide bonds. The summed E-state index contributed by atoms with van der Waals surface area (Å²) in [6.45, 7) is 2.04. The van der Waals surface area contributed by atoms with Gasteiger partial charge < -0.3 is 5.11 Å². The molecule has 2 rings (SSSR count). The van der Waals surface area contributed by atoms with Crippen molar-refractivity contribution in [2.75, 3.05) is 0 Å². The Labute approximate surface area is 85.6 Å². The number of benzene rings is 1. The van der Waals surface area contributed by atoms with E-state index in [4.69, 9.17) is 16.7 Å². The lowest BCUT2D eigenvalue weighted by atomic mass is 10.1. The van der Waals surface area contributed by atoms with E-state index in [0.717, 1.165) is 10.3 Å². The molecule has 1 heterocycles. The number of halogens is 1. The Morgan fingerprint density at radius 2 is 2.31 bits per heavy atom. The smallest absolute Gasteiger partial charge is 0.0697 e. The Morgan fingerprint density at radius 3 is 3.00 bits per heavy atom. The van der Waals surface area contributed by atoms with Gasteiger partial charge in [0.1, 0.15) is 0 Å². The molecule has 0 radical (unpaired) electrons. The predicted molar refractivity (Wildman–Crippen MR) is 57.5 cm³/mol. The molecule has 1 aromatic heterocycles. The van der Waals surface area contributed by atoms with E-state index < -0.39 is 0 Å². The summed E-state index contributed by atoms with van der Waals surface area (Å²) in [4.78, 5) is 0. The highest BCUT2D eigenvalue weighted by Gasteiger charge is 2.08. The van der Waals surface area contributed by atoms with Gasteiger partial charge in [0.2, 0.25) is 0 Å². The molecule has 13 heavy (non-hydrogen) atoms. The van der Waals surface area contributed by atoms with Gasteiger partial charge in [-0.25, -0.2) is 0 Å². The first-order valence-corrected chi connectivity index (χ1v) is 5.26. The van der Waals surface area contributed by atoms with E-state index in [0.29, 0.717) is 5.02 Å². The molecular weight excluding hydrogens is 204 g/mol. The average Bonchev–Trinajstić information content (AvgIpc) is 2.60.